The minimum atomic E-state index is 0.166. The molecule has 0 fully saturated rings. The van der Waals surface area contributed by atoms with Crippen LogP contribution in [0.5, 0.6) is 5.75 Å². The zero-order valence-corrected chi connectivity index (χ0v) is 8.55. The van der Waals surface area contributed by atoms with Crippen molar-refractivity contribution in [3.8, 4) is 5.75 Å². The van der Waals surface area contributed by atoms with Gasteiger partial charge in [-0.3, -0.25) is 4.40 Å². The minimum Gasteiger partial charge on any atom is -0.493 e. The Morgan fingerprint density at radius 3 is 3.07 bits per heavy atom. The van der Waals surface area contributed by atoms with E-state index in [1.165, 1.54) is 0 Å². The smallest absolute Gasteiger partial charge is 0.203 e. The van der Waals surface area contributed by atoms with E-state index in [1.807, 2.05) is 22.7 Å². The van der Waals surface area contributed by atoms with E-state index in [4.69, 9.17) is 9.84 Å². The third kappa shape index (κ3) is 1.78. The predicted molar refractivity (Wildman–Crippen MR) is 54.9 cm³/mol. The Kier molecular flexibility index (Phi) is 2.82. The van der Waals surface area contributed by atoms with Crippen LogP contribution >= 0.6 is 0 Å². The molecule has 0 unspecified atom stereocenters. The van der Waals surface area contributed by atoms with Gasteiger partial charge in [-0.05, 0) is 18.6 Å². The zero-order chi connectivity index (χ0) is 10.7. The Morgan fingerprint density at radius 1 is 1.47 bits per heavy atom. The van der Waals surface area contributed by atoms with E-state index in [0.29, 0.717) is 24.2 Å². The molecular formula is C10H13N3O2. The fourth-order valence-corrected chi connectivity index (χ4v) is 1.51. The SMILES string of the molecule is COc1cccn2c(CCCO)nnc12. The molecule has 0 saturated carbocycles. The van der Waals surface area contributed by atoms with Gasteiger partial charge in [-0.2, -0.15) is 0 Å². The molecule has 0 radical (unpaired) electrons. The summed E-state index contributed by atoms with van der Waals surface area (Å²) in [6, 6.07) is 3.73. The second kappa shape index (κ2) is 4.27. The molecule has 0 saturated heterocycles. The molecule has 2 heterocycles. The Hall–Kier alpha value is -1.62. The first kappa shape index (κ1) is 9.92. The number of hydrogen-bond acceptors (Lipinski definition) is 4. The number of aryl methyl sites for hydroxylation is 1. The lowest BCUT2D eigenvalue weighted by Crippen LogP contribution is -1.97. The molecule has 0 atom stereocenters. The van der Waals surface area contributed by atoms with Gasteiger partial charge in [0.15, 0.2) is 5.75 Å². The van der Waals surface area contributed by atoms with Crippen LogP contribution in [-0.4, -0.2) is 33.4 Å². The summed E-state index contributed by atoms with van der Waals surface area (Å²) in [6.07, 6.45) is 3.30. The highest BCUT2D eigenvalue weighted by Gasteiger charge is 2.08. The molecule has 0 spiro atoms. The van der Waals surface area contributed by atoms with Crippen molar-refractivity contribution >= 4 is 5.65 Å². The molecule has 1 N–H and O–H groups in total. The summed E-state index contributed by atoms with van der Waals surface area (Å²) in [5, 5.41) is 16.9. The monoisotopic (exact) mass is 207 g/mol. The molecule has 2 aromatic heterocycles. The molecule has 2 rings (SSSR count). The summed E-state index contributed by atoms with van der Waals surface area (Å²) in [4.78, 5) is 0. The maximum Gasteiger partial charge on any atom is 0.203 e. The minimum absolute atomic E-state index is 0.166. The Labute approximate surface area is 87.3 Å². The standard InChI is InChI=1S/C10H13N3O2/c1-15-8-4-2-6-13-9(5-3-7-14)11-12-10(8)13/h2,4,6,14H,3,5,7H2,1H3. The lowest BCUT2D eigenvalue weighted by atomic mass is 10.3. The first-order chi connectivity index (χ1) is 7.36. The van der Waals surface area contributed by atoms with Crippen LogP contribution in [0.3, 0.4) is 0 Å². The molecule has 80 valence electrons. The van der Waals surface area contributed by atoms with Gasteiger partial charge in [-0.25, -0.2) is 0 Å². The van der Waals surface area contributed by atoms with Gasteiger partial charge in [-0.15, -0.1) is 10.2 Å². The molecule has 5 nitrogen and oxygen atoms in total. The van der Waals surface area contributed by atoms with E-state index >= 15 is 0 Å². The molecule has 0 amide bonds. The molecule has 2 aromatic rings. The van der Waals surface area contributed by atoms with Crippen LogP contribution in [-0.2, 0) is 6.42 Å². The predicted octanol–water partition coefficient (Wildman–Crippen LogP) is 0.663. The van der Waals surface area contributed by atoms with Gasteiger partial charge in [-0.1, -0.05) is 0 Å². The lowest BCUT2D eigenvalue weighted by Gasteiger charge is -2.01. The van der Waals surface area contributed by atoms with Crippen molar-refractivity contribution in [3.05, 3.63) is 24.2 Å². The fourth-order valence-electron chi connectivity index (χ4n) is 1.51. The highest BCUT2D eigenvalue weighted by molar-refractivity contribution is 5.52. The van der Waals surface area contributed by atoms with Crippen LogP contribution < -0.4 is 4.74 Å². The topological polar surface area (TPSA) is 59.7 Å². The largest absolute Gasteiger partial charge is 0.493 e. The number of aromatic nitrogens is 3. The van der Waals surface area contributed by atoms with E-state index < -0.39 is 0 Å². The summed E-state index contributed by atoms with van der Waals surface area (Å²) in [5.74, 6) is 1.55. The number of ether oxygens (including phenoxy) is 1. The number of hydrogen-bond donors (Lipinski definition) is 1. The number of rotatable bonds is 4. The number of methoxy groups -OCH3 is 1. The maximum atomic E-state index is 8.76. The zero-order valence-electron chi connectivity index (χ0n) is 8.55. The summed E-state index contributed by atoms with van der Waals surface area (Å²) >= 11 is 0. The third-order valence-electron chi connectivity index (χ3n) is 2.25. The van der Waals surface area contributed by atoms with Gasteiger partial charge >= 0.3 is 0 Å². The maximum absolute atomic E-state index is 8.76. The van der Waals surface area contributed by atoms with Gasteiger partial charge in [0, 0.05) is 19.2 Å². The Bertz CT molecular complexity index is 453. The number of fused-ring (bicyclic) bond motifs is 1. The van der Waals surface area contributed by atoms with Crippen LogP contribution in [0, 0.1) is 0 Å². The van der Waals surface area contributed by atoms with Gasteiger partial charge in [0.05, 0.1) is 7.11 Å². The quantitative estimate of drug-likeness (QED) is 0.800. The van der Waals surface area contributed by atoms with E-state index in [0.717, 1.165) is 5.82 Å². The van der Waals surface area contributed by atoms with Gasteiger partial charge in [0.25, 0.3) is 0 Å². The molecule has 5 heteroatoms. The van der Waals surface area contributed by atoms with Crippen LogP contribution in [0.4, 0.5) is 0 Å². The third-order valence-corrected chi connectivity index (χ3v) is 2.25. The molecule has 0 bridgehead atoms. The van der Waals surface area contributed by atoms with E-state index in [9.17, 15) is 0 Å². The summed E-state index contributed by atoms with van der Waals surface area (Å²) < 4.78 is 7.06. The Morgan fingerprint density at radius 2 is 2.33 bits per heavy atom. The first-order valence-corrected chi connectivity index (χ1v) is 4.84. The van der Waals surface area contributed by atoms with Crippen molar-refractivity contribution in [2.75, 3.05) is 13.7 Å². The number of pyridine rings is 1. The van der Waals surface area contributed by atoms with E-state index in [1.54, 1.807) is 7.11 Å². The van der Waals surface area contributed by atoms with Crippen molar-refractivity contribution in [2.45, 2.75) is 12.8 Å². The van der Waals surface area contributed by atoms with Crippen LogP contribution in [0.2, 0.25) is 0 Å². The fraction of sp³-hybridized carbons (Fsp3) is 0.400. The van der Waals surface area contributed by atoms with Crippen molar-refractivity contribution in [1.82, 2.24) is 14.6 Å². The average molecular weight is 207 g/mol. The van der Waals surface area contributed by atoms with Crippen LogP contribution in [0.25, 0.3) is 5.65 Å². The van der Waals surface area contributed by atoms with E-state index in [-0.39, 0.29) is 6.61 Å². The van der Waals surface area contributed by atoms with Gasteiger partial charge in [0.2, 0.25) is 5.65 Å². The number of nitrogens with zero attached hydrogens (tertiary/aromatic N) is 3. The average Bonchev–Trinajstić information content (AvgIpc) is 2.69. The normalized spacial score (nSPS) is 10.8. The molecule has 0 aliphatic carbocycles. The van der Waals surface area contributed by atoms with Crippen LogP contribution in [0.1, 0.15) is 12.2 Å². The molecule has 0 aromatic carbocycles. The van der Waals surface area contributed by atoms with Crippen molar-refractivity contribution < 1.29 is 9.84 Å². The van der Waals surface area contributed by atoms with Gasteiger partial charge in [0.1, 0.15) is 5.82 Å². The van der Waals surface area contributed by atoms with Crippen LogP contribution in [0.15, 0.2) is 18.3 Å². The molecule has 15 heavy (non-hydrogen) atoms. The van der Waals surface area contributed by atoms with E-state index in [2.05, 4.69) is 10.2 Å². The van der Waals surface area contributed by atoms with Crippen molar-refractivity contribution in [2.24, 2.45) is 0 Å². The second-order valence-corrected chi connectivity index (χ2v) is 3.21. The second-order valence-electron chi connectivity index (χ2n) is 3.21. The highest BCUT2D eigenvalue weighted by atomic mass is 16.5. The molecule has 0 aliphatic rings. The molecular weight excluding hydrogens is 194 g/mol. The summed E-state index contributed by atoms with van der Waals surface area (Å²) in [5.41, 5.74) is 0.716. The van der Waals surface area contributed by atoms with Crippen molar-refractivity contribution in [1.29, 1.82) is 0 Å². The Balaban J connectivity index is 2.42. The lowest BCUT2D eigenvalue weighted by molar-refractivity contribution is 0.287. The van der Waals surface area contributed by atoms with Crippen molar-refractivity contribution in [3.63, 3.8) is 0 Å². The summed E-state index contributed by atoms with van der Waals surface area (Å²) in [7, 11) is 1.61. The number of aliphatic hydroxyl groups is 1. The summed E-state index contributed by atoms with van der Waals surface area (Å²) in [6.45, 7) is 0.166. The van der Waals surface area contributed by atoms with Gasteiger partial charge < -0.3 is 9.84 Å². The molecule has 0 aliphatic heterocycles. The highest BCUT2D eigenvalue weighted by Crippen LogP contribution is 2.17. The first-order valence-electron chi connectivity index (χ1n) is 4.84. The number of aliphatic hydroxyl groups excluding tert-OH is 1.